The average Bonchev–Trinajstić information content (AvgIpc) is 3.28. The Labute approximate surface area is 225 Å². The van der Waals surface area contributed by atoms with Crippen LogP contribution in [-0.4, -0.2) is 86.3 Å². The topological polar surface area (TPSA) is 112 Å². The molecule has 5 rings (SSSR count). The SMILES string of the molecule is COC1=C(c2ccccc2)C(C)=NC(F)(N2CCN(S(=O)(=O)c3ccc(N4CC(N)CC4=O)cc3)CC2)N1F. The van der Waals surface area contributed by atoms with E-state index in [0.29, 0.717) is 23.4 Å². The molecule has 0 aromatic heterocycles. The zero-order valence-corrected chi connectivity index (χ0v) is 22.4. The van der Waals surface area contributed by atoms with E-state index in [1.807, 2.05) is 6.07 Å². The van der Waals surface area contributed by atoms with Crippen LogP contribution in [0, 0.1) is 0 Å². The molecule has 0 bridgehead atoms. The third kappa shape index (κ3) is 4.80. The van der Waals surface area contributed by atoms with E-state index >= 15 is 8.87 Å². The van der Waals surface area contributed by atoms with Crippen LogP contribution in [0.3, 0.4) is 0 Å². The van der Waals surface area contributed by atoms with Gasteiger partial charge in [0.15, 0.2) is 0 Å². The summed E-state index contributed by atoms with van der Waals surface area (Å²) in [6.07, 6.45) is 0.246. The number of sulfonamides is 1. The quantitative estimate of drug-likeness (QED) is 0.426. The number of piperazine rings is 1. The maximum Gasteiger partial charge on any atom is 0.371 e. The molecule has 2 fully saturated rings. The number of halogens is 2. The van der Waals surface area contributed by atoms with E-state index in [2.05, 4.69) is 4.99 Å². The van der Waals surface area contributed by atoms with Gasteiger partial charge in [-0.15, -0.1) is 5.12 Å². The molecule has 0 aliphatic carbocycles. The largest absolute Gasteiger partial charge is 0.480 e. The maximum atomic E-state index is 16.2. The van der Waals surface area contributed by atoms with Crippen molar-refractivity contribution in [3.8, 4) is 0 Å². The van der Waals surface area contributed by atoms with Gasteiger partial charge in [-0.25, -0.2) is 18.3 Å². The standard InChI is InChI=1S/C26H30F2N6O4S/c1-18-24(19-6-4-3-5-7-19)25(38-2)34(28)26(27,30-18)31-12-14-32(15-13-31)39(36,37)22-10-8-21(9-11-22)33-17-20(29)16-23(33)35/h3-11,20H,12-17,29H2,1-2H3. The predicted octanol–water partition coefficient (Wildman–Crippen LogP) is 2.31. The first-order valence-electron chi connectivity index (χ1n) is 12.5. The number of nitrogens with two attached hydrogens (primary N) is 1. The number of carbonyl (C=O) groups excluding carboxylic acids is 1. The third-order valence-corrected chi connectivity index (χ3v) is 9.06. The van der Waals surface area contributed by atoms with Gasteiger partial charge >= 0.3 is 6.04 Å². The van der Waals surface area contributed by atoms with Gasteiger partial charge in [-0.2, -0.15) is 8.70 Å². The van der Waals surface area contributed by atoms with E-state index < -0.39 is 16.1 Å². The Morgan fingerprint density at radius 2 is 1.69 bits per heavy atom. The van der Waals surface area contributed by atoms with Gasteiger partial charge in [-0.1, -0.05) is 34.8 Å². The van der Waals surface area contributed by atoms with Crippen molar-refractivity contribution in [1.82, 2.24) is 14.3 Å². The summed E-state index contributed by atoms with van der Waals surface area (Å²) < 4.78 is 64.8. The minimum Gasteiger partial charge on any atom is -0.480 e. The molecule has 2 aromatic carbocycles. The molecule has 2 atom stereocenters. The summed E-state index contributed by atoms with van der Waals surface area (Å²) in [4.78, 5) is 18.9. The molecular formula is C26H30F2N6O4S. The Morgan fingerprint density at radius 3 is 2.26 bits per heavy atom. The molecule has 2 unspecified atom stereocenters. The van der Waals surface area contributed by atoms with Crippen molar-refractivity contribution in [3.05, 3.63) is 66.0 Å². The van der Waals surface area contributed by atoms with Crippen molar-refractivity contribution >= 4 is 32.9 Å². The second-order valence-electron chi connectivity index (χ2n) is 9.64. The monoisotopic (exact) mass is 560 g/mol. The van der Waals surface area contributed by atoms with Gasteiger partial charge in [0.05, 0.1) is 23.3 Å². The highest BCUT2D eigenvalue weighted by Crippen LogP contribution is 2.39. The second-order valence-corrected chi connectivity index (χ2v) is 11.6. The summed E-state index contributed by atoms with van der Waals surface area (Å²) >= 11 is 0. The van der Waals surface area contributed by atoms with Gasteiger partial charge in [-0.05, 0) is 36.8 Å². The zero-order valence-electron chi connectivity index (χ0n) is 21.6. The molecule has 0 radical (unpaired) electrons. The molecule has 1 amide bonds. The number of anilines is 1. The number of hydrogen-bond donors (Lipinski definition) is 1. The molecular weight excluding hydrogens is 530 g/mol. The van der Waals surface area contributed by atoms with Crippen molar-refractivity contribution in [1.29, 1.82) is 0 Å². The first-order valence-corrected chi connectivity index (χ1v) is 14.0. The number of nitrogens with zero attached hydrogens (tertiary/aromatic N) is 5. The zero-order chi connectivity index (χ0) is 27.9. The lowest BCUT2D eigenvalue weighted by Crippen LogP contribution is -2.61. The maximum absolute atomic E-state index is 16.2. The van der Waals surface area contributed by atoms with Gasteiger partial charge in [0.25, 0.3) is 0 Å². The van der Waals surface area contributed by atoms with Gasteiger partial charge in [0.1, 0.15) is 0 Å². The van der Waals surface area contributed by atoms with Gasteiger partial charge in [0.2, 0.25) is 21.8 Å². The number of alkyl halides is 1. The van der Waals surface area contributed by atoms with Crippen LogP contribution < -0.4 is 10.6 Å². The van der Waals surface area contributed by atoms with E-state index in [9.17, 15) is 13.2 Å². The summed E-state index contributed by atoms with van der Waals surface area (Å²) in [5.41, 5.74) is 7.63. The fourth-order valence-electron chi connectivity index (χ4n) is 5.15. The highest BCUT2D eigenvalue weighted by Gasteiger charge is 2.51. The van der Waals surface area contributed by atoms with Crippen LogP contribution in [0.2, 0.25) is 0 Å². The molecule has 2 aromatic rings. The number of aliphatic imine (C=N–C) groups is 1. The molecule has 208 valence electrons. The molecule has 2 N–H and O–H groups in total. The number of carbonyl (C=O) groups is 1. The minimum atomic E-state index is -3.91. The second kappa shape index (κ2) is 10.3. The highest BCUT2D eigenvalue weighted by atomic mass is 32.2. The summed E-state index contributed by atoms with van der Waals surface area (Å²) in [6, 6.07) is 11.7. The van der Waals surface area contributed by atoms with E-state index in [1.54, 1.807) is 43.3 Å². The first-order chi connectivity index (χ1) is 18.6. The average molecular weight is 561 g/mol. The number of benzene rings is 2. The summed E-state index contributed by atoms with van der Waals surface area (Å²) in [7, 11) is -2.65. The molecule has 3 heterocycles. The number of amides is 1. The fraction of sp³-hybridized carbons (Fsp3) is 0.385. The Hall–Kier alpha value is -3.39. The number of methoxy groups -OCH3 is 1. The smallest absolute Gasteiger partial charge is 0.371 e. The van der Waals surface area contributed by atoms with Crippen molar-refractivity contribution in [2.75, 3.05) is 44.7 Å². The van der Waals surface area contributed by atoms with Crippen molar-refractivity contribution in [2.24, 2.45) is 10.7 Å². The van der Waals surface area contributed by atoms with Crippen LogP contribution in [0.4, 0.5) is 14.6 Å². The third-order valence-electron chi connectivity index (χ3n) is 7.15. The first kappa shape index (κ1) is 27.2. The van der Waals surface area contributed by atoms with Crippen molar-refractivity contribution in [3.63, 3.8) is 0 Å². The van der Waals surface area contributed by atoms with E-state index in [-0.39, 0.29) is 66.2 Å². The lowest BCUT2D eigenvalue weighted by atomic mass is 10.0. The molecule has 0 saturated carbocycles. The number of ether oxygens (including phenoxy) is 1. The Morgan fingerprint density at radius 1 is 1.05 bits per heavy atom. The van der Waals surface area contributed by atoms with Gasteiger partial charge in [-0.3, -0.25) is 4.79 Å². The van der Waals surface area contributed by atoms with Crippen LogP contribution in [0.25, 0.3) is 5.57 Å². The van der Waals surface area contributed by atoms with Crippen molar-refractivity contribution < 1.29 is 26.8 Å². The molecule has 0 spiro atoms. The Kier molecular flexibility index (Phi) is 7.18. The number of rotatable bonds is 6. The van der Waals surface area contributed by atoms with Gasteiger partial charge < -0.3 is 15.4 Å². The van der Waals surface area contributed by atoms with Gasteiger partial charge in [0, 0.05) is 50.9 Å². The lowest BCUT2D eigenvalue weighted by Gasteiger charge is -2.44. The van der Waals surface area contributed by atoms with E-state index in [1.165, 1.54) is 28.4 Å². The Balaban J connectivity index is 1.31. The van der Waals surface area contributed by atoms with E-state index in [4.69, 9.17) is 10.5 Å². The Bertz CT molecular complexity index is 1410. The lowest BCUT2D eigenvalue weighted by molar-refractivity contribution is -0.239. The van der Waals surface area contributed by atoms with E-state index in [0.717, 1.165) is 4.90 Å². The molecule has 3 aliphatic rings. The van der Waals surface area contributed by atoms with Crippen LogP contribution in [0.15, 0.2) is 70.4 Å². The van der Waals surface area contributed by atoms with Crippen LogP contribution in [-0.2, 0) is 19.6 Å². The number of allylic oxidation sites excluding steroid dienone is 1. The predicted molar refractivity (Wildman–Crippen MR) is 142 cm³/mol. The summed E-state index contributed by atoms with van der Waals surface area (Å²) in [5, 5.41) is -0.142. The molecule has 39 heavy (non-hydrogen) atoms. The summed E-state index contributed by atoms with van der Waals surface area (Å²) in [6.45, 7) is 1.59. The van der Waals surface area contributed by atoms with Crippen molar-refractivity contribution in [2.45, 2.75) is 30.3 Å². The minimum absolute atomic E-state index is 0.0429. The van der Waals surface area contributed by atoms with Crippen LogP contribution >= 0.6 is 0 Å². The molecule has 2 saturated heterocycles. The van der Waals surface area contributed by atoms with Crippen LogP contribution in [0.1, 0.15) is 18.9 Å². The fourth-order valence-corrected chi connectivity index (χ4v) is 6.58. The molecule has 10 nitrogen and oxygen atoms in total. The molecule has 13 heteroatoms. The summed E-state index contributed by atoms with van der Waals surface area (Å²) in [5.74, 6) is -0.428. The van der Waals surface area contributed by atoms with Crippen LogP contribution in [0.5, 0.6) is 0 Å². The molecule has 3 aliphatic heterocycles. The number of hydrogen-bond acceptors (Lipinski definition) is 8. The highest BCUT2D eigenvalue weighted by molar-refractivity contribution is 7.89. The normalized spacial score (nSPS) is 25.3.